The minimum absolute atomic E-state index is 0.0374. The number of benzene rings is 1. The van der Waals surface area contributed by atoms with Gasteiger partial charge in [0.05, 0.1) is 5.02 Å². The van der Waals surface area contributed by atoms with Crippen LogP contribution in [0.25, 0.3) is 22.3 Å². The van der Waals surface area contributed by atoms with Crippen molar-refractivity contribution in [2.45, 2.75) is 33.3 Å². The van der Waals surface area contributed by atoms with E-state index >= 15 is 0 Å². The quantitative estimate of drug-likeness (QED) is 0.563. The van der Waals surface area contributed by atoms with Crippen LogP contribution >= 0.6 is 11.6 Å². The number of H-pyrrole nitrogens is 1. The van der Waals surface area contributed by atoms with Crippen molar-refractivity contribution < 1.29 is 18.3 Å². The second kappa shape index (κ2) is 10.8. The molecule has 0 fully saturated rings. The zero-order valence-electron chi connectivity index (χ0n) is 16.3. The third-order valence-corrected chi connectivity index (χ3v) is 4.23. The number of halogens is 3. The zero-order chi connectivity index (χ0) is 21.4. The summed E-state index contributed by atoms with van der Waals surface area (Å²) in [6.07, 6.45) is 3.93. The van der Waals surface area contributed by atoms with Gasteiger partial charge < -0.3 is 14.5 Å². The molecule has 0 amide bonds. The first-order valence-corrected chi connectivity index (χ1v) is 9.34. The first kappa shape index (κ1) is 22.7. The number of alkyl halides is 2. The molecule has 1 aromatic carbocycles. The van der Waals surface area contributed by atoms with Gasteiger partial charge in [-0.3, -0.25) is 4.79 Å². The number of hydrogen-bond acceptors (Lipinski definition) is 5. The molecule has 0 atom stereocenters. The average molecular weight is 426 g/mol. The fourth-order valence-corrected chi connectivity index (χ4v) is 2.74. The number of methoxy groups -OCH3 is 1. The fourth-order valence-electron chi connectivity index (χ4n) is 2.47. The van der Waals surface area contributed by atoms with Gasteiger partial charge in [0.1, 0.15) is 17.0 Å². The monoisotopic (exact) mass is 425 g/mol. The molecule has 3 aromatic rings. The summed E-state index contributed by atoms with van der Waals surface area (Å²) in [6.45, 7) is 1.72. The molecular formula is C20H22ClF2N3O3. The lowest BCUT2D eigenvalue weighted by atomic mass is 10.1. The van der Waals surface area contributed by atoms with E-state index in [4.69, 9.17) is 16.3 Å². The molecular weight excluding hydrogens is 404 g/mol. The van der Waals surface area contributed by atoms with Crippen molar-refractivity contribution in [1.29, 1.82) is 0 Å². The van der Waals surface area contributed by atoms with E-state index in [1.165, 1.54) is 31.2 Å². The lowest BCUT2D eigenvalue weighted by molar-refractivity contribution is -0.0498. The molecule has 0 unspecified atom stereocenters. The minimum Gasteiger partial charge on any atom is -0.435 e. The Morgan fingerprint density at radius 2 is 2.00 bits per heavy atom. The number of nitrogens with one attached hydrogen (secondary N) is 1. The van der Waals surface area contributed by atoms with E-state index in [9.17, 15) is 13.6 Å². The highest BCUT2D eigenvalue weighted by molar-refractivity contribution is 6.33. The predicted octanol–water partition coefficient (Wildman–Crippen LogP) is 4.98. The molecule has 9 heteroatoms. The van der Waals surface area contributed by atoms with Crippen LogP contribution in [-0.2, 0) is 4.74 Å². The summed E-state index contributed by atoms with van der Waals surface area (Å²) >= 11 is 6.17. The number of unbranched alkanes of at least 4 members (excludes halogenated alkanes) is 1. The van der Waals surface area contributed by atoms with Gasteiger partial charge in [-0.15, -0.1) is 0 Å². The van der Waals surface area contributed by atoms with Gasteiger partial charge in [0, 0.05) is 31.0 Å². The number of aryl methyl sites for hydroxylation is 1. The molecule has 2 aromatic heterocycles. The molecule has 0 saturated heterocycles. The number of aromatic nitrogens is 3. The number of fused-ring (bicyclic) bond motifs is 1. The Hall–Kier alpha value is -2.58. The molecule has 0 aliphatic heterocycles. The van der Waals surface area contributed by atoms with Crippen LogP contribution < -0.4 is 10.3 Å². The third kappa shape index (κ3) is 6.20. The van der Waals surface area contributed by atoms with Gasteiger partial charge >= 0.3 is 6.61 Å². The van der Waals surface area contributed by atoms with Crippen LogP contribution in [0.1, 0.15) is 25.5 Å². The molecule has 0 radical (unpaired) electrons. The van der Waals surface area contributed by atoms with E-state index < -0.39 is 6.61 Å². The molecule has 1 N–H and O–H groups in total. The molecule has 0 aliphatic rings. The Labute approximate surface area is 171 Å². The average Bonchev–Trinajstić information content (AvgIpc) is 2.67. The largest absolute Gasteiger partial charge is 0.435 e. The summed E-state index contributed by atoms with van der Waals surface area (Å²) in [6, 6.07) is 5.92. The Bertz CT molecular complexity index is 1010. The smallest absolute Gasteiger partial charge is 0.387 e. The molecule has 6 nitrogen and oxygen atoms in total. The first-order chi connectivity index (χ1) is 13.9. The highest BCUT2D eigenvalue weighted by Crippen LogP contribution is 2.34. The Balaban J connectivity index is 0.000000438. The van der Waals surface area contributed by atoms with Crippen LogP contribution in [0.5, 0.6) is 5.75 Å². The zero-order valence-corrected chi connectivity index (χ0v) is 17.1. The maximum atomic E-state index is 12.2. The molecule has 29 heavy (non-hydrogen) atoms. The maximum Gasteiger partial charge on any atom is 0.387 e. The number of nitrogens with zero attached hydrogens (tertiary/aromatic N) is 2. The van der Waals surface area contributed by atoms with Crippen LogP contribution in [0.2, 0.25) is 5.02 Å². The number of hydrogen-bond donors (Lipinski definition) is 1. The van der Waals surface area contributed by atoms with E-state index in [-0.39, 0.29) is 16.3 Å². The molecule has 0 spiro atoms. The van der Waals surface area contributed by atoms with Crippen molar-refractivity contribution in [2.24, 2.45) is 0 Å². The van der Waals surface area contributed by atoms with Gasteiger partial charge in [-0.1, -0.05) is 24.9 Å². The number of rotatable bonds is 6. The van der Waals surface area contributed by atoms with E-state index in [0.717, 1.165) is 6.61 Å². The van der Waals surface area contributed by atoms with Crippen LogP contribution in [-0.4, -0.2) is 35.3 Å². The van der Waals surface area contributed by atoms with Crippen molar-refractivity contribution in [3.05, 3.63) is 51.5 Å². The van der Waals surface area contributed by atoms with E-state index in [1.807, 2.05) is 0 Å². The van der Waals surface area contributed by atoms with Crippen LogP contribution in [0.3, 0.4) is 0 Å². The minimum atomic E-state index is -2.92. The molecule has 2 heterocycles. The van der Waals surface area contributed by atoms with Gasteiger partial charge in [0.25, 0.3) is 5.56 Å². The van der Waals surface area contributed by atoms with E-state index in [1.54, 1.807) is 26.2 Å². The van der Waals surface area contributed by atoms with Gasteiger partial charge in [-0.05, 0) is 37.6 Å². The highest BCUT2D eigenvalue weighted by atomic mass is 35.5. The van der Waals surface area contributed by atoms with Crippen LogP contribution in [0, 0.1) is 6.92 Å². The Morgan fingerprint density at radius 1 is 1.24 bits per heavy atom. The molecule has 0 bridgehead atoms. The lowest BCUT2D eigenvalue weighted by Gasteiger charge is -2.10. The molecule has 3 rings (SSSR count). The normalized spacial score (nSPS) is 10.7. The van der Waals surface area contributed by atoms with E-state index in [2.05, 4.69) is 26.6 Å². The second-order valence-electron chi connectivity index (χ2n) is 6.07. The van der Waals surface area contributed by atoms with Gasteiger partial charge in [-0.2, -0.15) is 8.78 Å². The van der Waals surface area contributed by atoms with Crippen molar-refractivity contribution in [2.75, 3.05) is 13.7 Å². The van der Waals surface area contributed by atoms with Gasteiger partial charge in [-0.25, -0.2) is 9.97 Å². The summed E-state index contributed by atoms with van der Waals surface area (Å²) in [5.41, 5.74) is 1.95. The standard InChI is InChI=1S/C15H10ClF2N3O2.C5H12O/c1-7-14(22)21-13-12(20-7)10(4-5-19-13)9-3-2-8(6-11(9)16)23-15(17)18;1-3-4-5-6-2/h2-6,15H,1H3,(H,19,21,22);3-5H2,1-2H3. The second-order valence-corrected chi connectivity index (χ2v) is 6.48. The van der Waals surface area contributed by atoms with Crippen molar-refractivity contribution in [3.8, 4) is 16.9 Å². The van der Waals surface area contributed by atoms with Crippen molar-refractivity contribution in [1.82, 2.24) is 15.0 Å². The third-order valence-electron chi connectivity index (χ3n) is 3.92. The first-order valence-electron chi connectivity index (χ1n) is 8.96. The molecule has 0 aliphatic carbocycles. The Kier molecular flexibility index (Phi) is 8.48. The summed E-state index contributed by atoms with van der Waals surface area (Å²) in [4.78, 5) is 22.6. The van der Waals surface area contributed by atoms with E-state index in [0.29, 0.717) is 28.0 Å². The summed E-state index contributed by atoms with van der Waals surface area (Å²) in [5, 5.41) is 0.223. The number of ether oxygens (including phenoxy) is 2. The van der Waals surface area contributed by atoms with Crippen LogP contribution in [0.4, 0.5) is 8.78 Å². The van der Waals surface area contributed by atoms with Crippen LogP contribution in [0.15, 0.2) is 35.3 Å². The fraction of sp³-hybridized carbons (Fsp3) is 0.350. The van der Waals surface area contributed by atoms with Gasteiger partial charge in [0.2, 0.25) is 0 Å². The van der Waals surface area contributed by atoms with Gasteiger partial charge in [0.15, 0.2) is 5.65 Å². The SMILES string of the molecule is CCCCOC.Cc1nc2c(-c3ccc(OC(F)F)cc3Cl)ccnc2[nH]c1=O. The molecule has 0 saturated carbocycles. The van der Waals surface area contributed by atoms with Crippen molar-refractivity contribution >= 4 is 22.8 Å². The summed E-state index contributed by atoms with van der Waals surface area (Å²) in [7, 11) is 1.73. The topological polar surface area (TPSA) is 77.1 Å². The Morgan fingerprint density at radius 3 is 2.59 bits per heavy atom. The summed E-state index contributed by atoms with van der Waals surface area (Å²) < 4.78 is 33.6. The summed E-state index contributed by atoms with van der Waals surface area (Å²) in [5.74, 6) is -0.0374. The number of pyridine rings is 1. The molecule has 156 valence electrons. The number of aromatic amines is 1. The lowest BCUT2D eigenvalue weighted by Crippen LogP contribution is -2.12. The van der Waals surface area contributed by atoms with Crippen molar-refractivity contribution in [3.63, 3.8) is 0 Å². The highest BCUT2D eigenvalue weighted by Gasteiger charge is 2.13. The predicted molar refractivity (Wildman–Crippen MR) is 109 cm³/mol. The maximum absolute atomic E-state index is 12.2.